The molecule has 0 bridgehead atoms. The summed E-state index contributed by atoms with van der Waals surface area (Å²) in [5.41, 5.74) is 3.30. The number of hydrogen-bond acceptors (Lipinski definition) is 6. The van der Waals surface area contributed by atoms with E-state index in [1.165, 1.54) is 4.68 Å². The summed E-state index contributed by atoms with van der Waals surface area (Å²) in [6.07, 6.45) is 0.951. The van der Waals surface area contributed by atoms with Crippen molar-refractivity contribution in [3.63, 3.8) is 0 Å². The Hall–Kier alpha value is -3.03. The highest BCUT2D eigenvalue weighted by Gasteiger charge is 2.19. The molecule has 0 spiro atoms. The third-order valence-corrected chi connectivity index (χ3v) is 6.19. The van der Waals surface area contributed by atoms with Gasteiger partial charge in [-0.25, -0.2) is 4.68 Å². The van der Waals surface area contributed by atoms with Crippen LogP contribution < -0.4 is 20.5 Å². The Morgan fingerprint density at radius 3 is 2.55 bits per heavy atom. The van der Waals surface area contributed by atoms with Crippen molar-refractivity contribution in [2.45, 2.75) is 6.42 Å². The van der Waals surface area contributed by atoms with Crippen molar-refractivity contribution >= 4 is 23.0 Å². The maximum Gasteiger partial charge on any atom is 0.289 e. The minimum atomic E-state index is -0.112. The highest BCUT2D eigenvalue weighted by atomic mass is 35.5. The van der Waals surface area contributed by atoms with Crippen molar-refractivity contribution in [3.05, 3.63) is 70.0 Å². The molecule has 1 aromatic heterocycles. The molecule has 8 heteroatoms. The number of aromatic nitrogens is 2. The van der Waals surface area contributed by atoms with Gasteiger partial charge in [0, 0.05) is 50.4 Å². The van der Waals surface area contributed by atoms with Crippen LogP contribution in [0.4, 0.5) is 11.4 Å². The quantitative estimate of drug-likeness (QED) is 0.509. The zero-order valence-electron chi connectivity index (χ0n) is 19.1. The van der Waals surface area contributed by atoms with E-state index in [2.05, 4.69) is 20.2 Å². The largest absolute Gasteiger partial charge is 0.495 e. The maximum absolute atomic E-state index is 12.5. The summed E-state index contributed by atoms with van der Waals surface area (Å²) in [7, 11) is 3.38. The maximum atomic E-state index is 12.5. The van der Waals surface area contributed by atoms with E-state index in [0.717, 1.165) is 73.4 Å². The number of halogens is 1. The second-order valence-corrected chi connectivity index (χ2v) is 8.60. The van der Waals surface area contributed by atoms with Crippen molar-refractivity contribution in [1.29, 1.82) is 0 Å². The summed E-state index contributed by atoms with van der Waals surface area (Å²) >= 11 is 6.19. The topological polar surface area (TPSA) is 62.6 Å². The van der Waals surface area contributed by atoms with Gasteiger partial charge in [0.2, 0.25) is 0 Å². The highest BCUT2D eigenvalue weighted by molar-refractivity contribution is 6.30. The molecule has 1 saturated heterocycles. The van der Waals surface area contributed by atoms with Crippen LogP contribution in [0.2, 0.25) is 5.02 Å². The molecule has 1 fully saturated rings. The Morgan fingerprint density at radius 2 is 1.82 bits per heavy atom. The Bertz CT molecular complexity index is 1130. The number of aryl methyl sites for hydroxylation is 1. The van der Waals surface area contributed by atoms with Crippen LogP contribution in [0.3, 0.4) is 0 Å². The Kier molecular flexibility index (Phi) is 7.52. The van der Waals surface area contributed by atoms with Crippen LogP contribution in [0, 0.1) is 0 Å². The lowest BCUT2D eigenvalue weighted by molar-refractivity contribution is 0.256. The number of piperazine rings is 1. The molecule has 1 aliphatic rings. The van der Waals surface area contributed by atoms with Gasteiger partial charge in [-0.3, -0.25) is 9.69 Å². The Labute approximate surface area is 199 Å². The van der Waals surface area contributed by atoms with E-state index in [0.29, 0.717) is 5.69 Å². The SMILES string of the molecule is COc1ccc(Cl)cc1N1CCN(CCCNc2cc(-c3ccccc3)nn(C)c2=O)CC1. The summed E-state index contributed by atoms with van der Waals surface area (Å²) in [5.74, 6) is 0.853. The van der Waals surface area contributed by atoms with Crippen molar-refractivity contribution in [1.82, 2.24) is 14.7 Å². The molecule has 3 aromatic rings. The van der Waals surface area contributed by atoms with Crippen LogP contribution in [0.5, 0.6) is 5.75 Å². The van der Waals surface area contributed by atoms with Gasteiger partial charge in [-0.2, -0.15) is 5.10 Å². The normalized spacial score (nSPS) is 14.3. The predicted octanol–water partition coefficient (Wildman–Crippen LogP) is 3.73. The molecule has 0 radical (unpaired) electrons. The van der Waals surface area contributed by atoms with E-state index in [9.17, 15) is 4.79 Å². The van der Waals surface area contributed by atoms with E-state index in [1.54, 1.807) is 14.2 Å². The fraction of sp³-hybridized carbons (Fsp3) is 0.360. The Morgan fingerprint density at radius 1 is 1.06 bits per heavy atom. The van der Waals surface area contributed by atoms with Gasteiger partial charge in [0.05, 0.1) is 18.5 Å². The van der Waals surface area contributed by atoms with Gasteiger partial charge in [0.15, 0.2) is 0 Å². The molecule has 0 aliphatic carbocycles. The Balaban J connectivity index is 1.28. The highest BCUT2D eigenvalue weighted by Crippen LogP contribution is 2.31. The van der Waals surface area contributed by atoms with Gasteiger partial charge in [-0.1, -0.05) is 41.9 Å². The fourth-order valence-corrected chi connectivity index (χ4v) is 4.30. The van der Waals surface area contributed by atoms with E-state index in [4.69, 9.17) is 16.3 Å². The molecule has 33 heavy (non-hydrogen) atoms. The van der Waals surface area contributed by atoms with Crippen LogP contribution >= 0.6 is 11.6 Å². The van der Waals surface area contributed by atoms with E-state index < -0.39 is 0 Å². The minimum Gasteiger partial charge on any atom is -0.495 e. The molecule has 174 valence electrons. The monoisotopic (exact) mass is 467 g/mol. The summed E-state index contributed by atoms with van der Waals surface area (Å²) in [6.45, 7) is 5.51. The minimum absolute atomic E-state index is 0.112. The predicted molar refractivity (Wildman–Crippen MR) is 135 cm³/mol. The van der Waals surface area contributed by atoms with Gasteiger partial charge >= 0.3 is 0 Å². The van der Waals surface area contributed by atoms with E-state index >= 15 is 0 Å². The molecule has 0 atom stereocenters. The van der Waals surface area contributed by atoms with Crippen molar-refractivity contribution in [3.8, 4) is 17.0 Å². The first kappa shape index (κ1) is 23.1. The van der Waals surface area contributed by atoms with Crippen molar-refractivity contribution in [2.75, 3.05) is 56.6 Å². The summed E-state index contributed by atoms with van der Waals surface area (Å²) in [5, 5.41) is 8.43. The molecule has 0 unspecified atom stereocenters. The van der Waals surface area contributed by atoms with E-state index in [-0.39, 0.29) is 5.56 Å². The third-order valence-electron chi connectivity index (χ3n) is 5.95. The zero-order chi connectivity index (χ0) is 23.2. The van der Waals surface area contributed by atoms with Gasteiger partial charge in [0.1, 0.15) is 11.4 Å². The first-order chi connectivity index (χ1) is 16.0. The van der Waals surface area contributed by atoms with Crippen LogP contribution in [-0.2, 0) is 7.05 Å². The summed E-state index contributed by atoms with van der Waals surface area (Å²) in [6, 6.07) is 17.5. The van der Waals surface area contributed by atoms with Gasteiger partial charge in [-0.15, -0.1) is 0 Å². The average Bonchev–Trinajstić information content (AvgIpc) is 2.85. The van der Waals surface area contributed by atoms with Crippen LogP contribution in [-0.4, -0.2) is 61.1 Å². The molecule has 4 rings (SSSR count). The number of methoxy groups -OCH3 is 1. The number of rotatable bonds is 8. The van der Waals surface area contributed by atoms with Crippen LogP contribution in [0.25, 0.3) is 11.3 Å². The fourth-order valence-electron chi connectivity index (χ4n) is 4.13. The van der Waals surface area contributed by atoms with Gasteiger partial charge in [-0.05, 0) is 37.2 Å². The lowest BCUT2D eigenvalue weighted by Crippen LogP contribution is -2.47. The molecular weight excluding hydrogens is 438 g/mol. The van der Waals surface area contributed by atoms with E-state index in [1.807, 2.05) is 54.6 Å². The number of nitrogens with zero attached hydrogens (tertiary/aromatic N) is 4. The first-order valence-corrected chi connectivity index (χ1v) is 11.6. The first-order valence-electron chi connectivity index (χ1n) is 11.2. The van der Waals surface area contributed by atoms with Crippen LogP contribution in [0.15, 0.2) is 59.4 Å². The number of ether oxygens (including phenoxy) is 1. The molecule has 2 aromatic carbocycles. The molecule has 0 saturated carbocycles. The summed E-state index contributed by atoms with van der Waals surface area (Å²) < 4.78 is 6.90. The van der Waals surface area contributed by atoms with Crippen molar-refractivity contribution < 1.29 is 4.74 Å². The lowest BCUT2D eigenvalue weighted by Gasteiger charge is -2.36. The number of benzene rings is 2. The molecule has 2 heterocycles. The second-order valence-electron chi connectivity index (χ2n) is 8.16. The average molecular weight is 468 g/mol. The van der Waals surface area contributed by atoms with Gasteiger partial charge in [0.25, 0.3) is 5.56 Å². The third kappa shape index (κ3) is 5.67. The molecule has 0 amide bonds. The van der Waals surface area contributed by atoms with Crippen molar-refractivity contribution in [2.24, 2.45) is 7.05 Å². The standard InChI is InChI=1S/C25H30ClN5O2/c1-29-25(32)22(18-21(28-29)19-7-4-3-5-8-19)27-11-6-12-30-13-15-31(16-14-30)23-17-20(26)9-10-24(23)33-2/h3-5,7-10,17-18,27H,6,11-16H2,1-2H3. The zero-order valence-corrected chi connectivity index (χ0v) is 19.9. The molecular formula is C25H30ClN5O2. The lowest BCUT2D eigenvalue weighted by atomic mass is 10.1. The smallest absolute Gasteiger partial charge is 0.289 e. The molecule has 7 nitrogen and oxygen atoms in total. The molecule has 1 aliphatic heterocycles. The number of anilines is 2. The molecule has 1 N–H and O–H groups in total. The van der Waals surface area contributed by atoms with Crippen LogP contribution in [0.1, 0.15) is 6.42 Å². The second kappa shape index (κ2) is 10.7. The summed E-state index contributed by atoms with van der Waals surface area (Å²) in [4.78, 5) is 17.3. The number of nitrogens with one attached hydrogen (secondary N) is 1. The number of hydrogen-bond donors (Lipinski definition) is 1. The van der Waals surface area contributed by atoms with Gasteiger partial charge < -0.3 is 15.0 Å².